The van der Waals surface area contributed by atoms with Crippen molar-refractivity contribution in [3.8, 4) is 0 Å². The third-order valence-electron chi connectivity index (χ3n) is 5.28. The van der Waals surface area contributed by atoms with Crippen LogP contribution in [-0.4, -0.2) is 29.2 Å². The summed E-state index contributed by atoms with van der Waals surface area (Å²) in [6.07, 6.45) is 2.12. The van der Waals surface area contributed by atoms with E-state index >= 15 is 0 Å². The van der Waals surface area contributed by atoms with E-state index in [1.54, 1.807) is 23.5 Å². The summed E-state index contributed by atoms with van der Waals surface area (Å²) in [5.41, 5.74) is 4.23. The number of carbonyl (C=O) groups excluding carboxylic acids is 1. The van der Waals surface area contributed by atoms with Crippen LogP contribution in [0.3, 0.4) is 0 Å². The minimum atomic E-state index is -0.421. The van der Waals surface area contributed by atoms with E-state index in [1.807, 2.05) is 32.9 Å². The topological polar surface area (TPSA) is 46.5 Å². The van der Waals surface area contributed by atoms with E-state index in [0.717, 1.165) is 28.0 Å². The molecule has 0 bridgehead atoms. The highest BCUT2D eigenvalue weighted by Gasteiger charge is 2.34. The van der Waals surface area contributed by atoms with Gasteiger partial charge in [-0.2, -0.15) is 0 Å². The van der Waals surface area contributed by atoms with Crippen LogP contribution in [0.15, 0.2) is 51.9 Å². The summed E-state index contributed by atoms with van der Waals surface area (Å²) in [6, 6.07) is 12.5. The van der Waals surface area contributed by atoms with Crippen LogP contribution in [0.5, 0.6) is 0 Å². The van der Waals surface area contributed by atoms with Crippen LogP contribution in [0.2, 0.25) is 0 Å². The Morgan fingerprint density at radius 1 is 1.10 bits per heavy atom. The van der Waals surface area contributed by atoms with Gasteiger partial charge >= 0.3 is 5.97 Å². The molecule has 0 amide bonds. The van der Waals surface area contributed by atoms with E-state index in [4.69, 9.17) is 4.74 Å². The summed E-state index contributed by atoms with van der Waals surface area (Å²) in [5, 5.41) is 10.7. The Bertz CT molecular complexity index is 909. The van der Waals surface area contributed by atoms with E-state index in [0.29, 0.717) is 12.0 Å². The molecule has 0 aliphatic carbocycles. The second-order valence-corrected chi connectivity index (χ2v) is 9.68. The van der Waals surface area contributed by atoms with Gasteiger partial charge < -0.3 is 9.84 Å². The Morgan fingerprint density at radius 2 is 1.69 bits per heavy atom. The molecule has 29 heavy (non-hydrogen) atoms. The molecule has 1 heterocycles. The van der Waals surface area contributed by atoms with Crippen molar-refractivity contribution in [2.45, 2.75) is 50.0 Å². The van der Waals surface area contributed by atoms with Crippen LogP contribution in [0.25, 0.3) is 5.57 Å². The number of aliphatic hydroxyl groups excluding tert-OH is 1. The molecule has 0 fully saturated rings. The minimum Gasteiger partial charge on any atom is -0.511 e. The standard InChI is InChI=1S/C24H28O3S2/c1-14-10-15(2)22(16(3)11-14)23-20(25)12-21(27-24(23)26)17(4)13-29-19-8-6-18(28-5)7-9-19/h6-11,17,21,25H,12-13H2,1-5H3. The molecule has 3 rings (SSSR count). The van der Waals surface area contributed by atoms with E-state index in [9.17, 15) is 9.90 Å². The quantitative estimate of drug-likeness (QED) is 0.429. The van der Waals surface area contributed by atoms with Gasteiger partial charge in [0.2, 0.25) is 0 Å². The number of hydrogen-bond acceptors (Lipinski definition) is 5. The number of thioether (sulfide) groups is 2. The normalized spacial score (nSPS) is 18.0. The molecular weight excluding hydrogens is 400 g/mol. The van der Waals surface area contributed by atoms with Crippen molar-refractivity contribution < 1.29 is 14.6 Å². The second kappa shape index (κ2) is 9.31. The summed E-state index contributed by atoms with van der Waals surface area (Å²) in [7, 11) is 0. The van der Waals surface area contributed by atoms with Crippen LogP contribution in [0.1, 0.15) is 35.6 Å². The SMILES string of the molecule is CSc1ccc(SCC(C)C2CC(O)=C(c3c(C)cc(C)cc3C)C(=O)O2)cc1. The van der Waals surface area contributed by atoms with E-state index in [1.165, 1.54) is 9.79 Å². The fraction of sp³-hybridized carbons (Fsp3) is 0.375. The average molecular weight is 429 g/mol. The van der Waals surface area contributed by atoms with Crippen molar-refractivity contribution in [2.75, 3.05) is 12.0 Å². The molecule has 1 aliphatic rings. The molecule has 0 spiro atoms. The Kier molecular flexibility index (Phi) is 7.01. The first-order chi connectivity index (χ1) is 13.8. The monoisotopic (exact) mass is 428 g/mol. The highest BCUT2D eigenvalue weighted by Crippen LogP contribution is 2.35. The number of esters is 1. The van der Waals surface area contributed by atoms with Crippen LogP contribution < -0.4 is 0 Å². The first kappa shape index (κ1) is 21.8. The number of benzene rings is 2. The largest absolute Gasteiger partial charge is 0.511 e. The van der Waals surface area contributed by atoms with Gasteiger partial charge in [-0.3, -0.25) is 0 Å². The molecule has 5 heteroatoms. The van der Waals surface area contributed by atoms with Gasteiger partial charge in [0.1, 0.15) is 17.4 Å². The fourth-order valence-electron chi connectivity index (χ4n) is 3.79. The molecule has 2 aromatic carbocycles. The van der Waals surface area contributed by atoms with Crippen molar-refractivity contribution in [1.82, 2.24) is 0 Å². The number of rotatable bonds is 6. The minimum absolute atomic E-state index is 0.132. The van der Waals surface area contributed by atoms with Crippen molar-refractivity contribution in [3.05, 3.63) is 64.4 Å². The maximum atomic E-state index is 12.8. The molecule has 2 unspecified atom stereocenters. The Balaban J connectivity index is 1.72. The van der Waals surface area contributed by atoms with Gasteiger partial charge in [-0.1, -0.05) is 24.6 Å². The van der Waals surface area contributed by atoms with Crippen LogP contribution >= 0.6 is 23.5 Å². The lowest BCUT2D eigenvalue weighted by atomic mass is 9.89. The molecule has 2 aromatic rings. The second-order valence-electron chi connectivity index (χ2n) is 7.71. The van der Waals surface area contributed by atoms with E-state index in [-0.39, 0.29) is 17.8 Å². The molecule has 3 nitrogen and oxygen atoms in total. The van der Waals surface area contributed by atoms with Gasteiger partial charge in [-0.15, -0.1) is 23.5 Å². The zero-order valence-electron chi connectivity index (χ0n) is 17.6. The van der Waals surface area contributed by atoms with Crippen molar-refractivity contribution in [2.24, 2.45) is 5.92 Å². The molecule has 1 N–H and O–H groups in total. The van der Waals surface area contributed by atoms with Gasteiger partial charge in [0.05, 0.1) is 0 Å². The van der Waals surface area contributed by atoms with Gasteiger partial charge in [0.15, 0.2) is 0 Å². The summed E-state index contributed by atoms with van der Waals surface area (Å²) in [6.45, 7) is 8.04. The number of aryl methyl sites for hydroxylation is 3. The summed E-state index contributed by atoms with van der Waals surface area (Å²) in [4.78, 5) is 15.2. The lowest BCUT2D eigenvalue weighted by Gasteiger charge is -2.29. The van der Waals surface area contributed by atoms with Gasteiger partial charge in [-0.05, 0) is 68.0 Å². The number of carbonyl (C=O) groups is 1. The van der Waals surface area contributed by atoms with Crippen molar-refractivity contribution >= 4 is 35.1 Å². The Labute approximate surface area is 181 Å². The first-order valence-corrected chi connectivity index (χ1v) is 12.0. The Hall–Kier alpha value is -1.85. The first-order valence-electron chi connectivity index (χ1n) is 9.78. The number of ether oxygens (including phenoxy) is 1. The fourth-order valence-corrected chi connectivity index (χ4v) is 5.20. The lowest BCUT2D eigenvalue weighted by molar-refractivity contribution is -0.145. The maximum Gasteiger partial charge on any atom is 0.342 e. The average Bonchev–Trinajstić information content (AvgIpc) is 2.67. The number of aliphatic hydroxyl groups is 1. The van der Waals surface area contributed by atoms with Crippen molar-refractivity contribution in [1.29, 1.82) is 0 Å². The van der Waals surface area contributed by atoms with Crippen LogP contribution in [-0.2, 0) is 9.53 Å². The predicted octanol–water partition coefficient (Wildman–Crippen LogP) is 6.35. The molecule has 154 valence electrons. The molecule has 1 aliphatic heterocycles. The summed E-state index contributed by atoms with van der Waals surface area (Å²) < 4.78 is 5.78. The van der Waals surface area contributed by atoms with Gasteiger partial charge in [0, 0.05) is 27.9 Å². The highest BCUT2D eigenvalue weighted by atomic mass is 32.2. The van der Waals surface area contributed by atoms with E-state index in [2.05, 4.69) is 37.4 Å². The molecule has 0 saturated heterocycles. The van der Waals surface area contributed by atoms with Gasteiger partial charge in [-0.25, -0.2) is 4.79 Å². The highest BCUT2D eigenvalue weighted by molar-refractivity contribution is 7.99. The number of cyclic esters (lactones) is 1. The van der Waals surface area contributed by atoms with Crippen LogP contribution in [0.4, 0.5) is 0 Å². The third-order valence-corrected chi connectivity index (χ3v) is 7.32. The smallest absolute Gasteiger partial charge is 0.342 e. The predicted molar refractivity (Wildman–Crippen MR) is 123 cm³/mol. The third kappa shape index (κ3) is 5.01. The summed E-state index contributed by atoms with van der Waals surface area (Å²) >= 11 is 3.48. The zero-order chi connectivity index (χ0) is 21.1. The molecule has 0 radical (unpaired) electrons. The molecule has 0 aromatic heterocycles. The lowest BCUT2D eigenvalue weighted by Crippen LogP contribution is -2.32. The summed E-state index contributed by atoms with van der Waals surface area (Å²) in [5.74, 6) is 0.674. The van der Waals surface area contributed by atoms with Crippen molar-refractivity contribution in [3.63, 3.8) is 0 Å². The molecule has 0 saturated carbocycles. The molecular formula is C24H28O3S2. The Morgan fingerprint density at radius 3 is 2.24 bits per heavy atom. The maximum absolute atomic E-state index is 12.8. The van der Waals surface area contributed by atoms with Crippen LogP contribution in [0, 0.1) is 26.7 Å². The molecule has 2 atom stereocenters. The van der Waals surface area contributed by atoms with Gasteiger partial charge in [0.25, 0.3) is 0 Å². The number of hydrogen-bond donors (Lipinski definition) is 1. The zero-order valence-corrected chi connectivity index (χ0v) is 19.2. The van der Waals surface area contributed by atoms with E-state index < -0.39 is 5.97 Å².